The normalized spacial score (nSPS) is 25.2. The molecule has 2 unspecified atom stereocenters. The molecule has 82 valence electrons. The van der Waals surface area contributed by atoms with E-state index < -0.39 is 0 Å². The summed E-state index contributed by atoms with van der Waals surface area (Å²) >= 11 is 0. The van der Waals surface area contributed by atoms with Crippen LogP contribution < -0.4 is 0 Å². The van der Waals surface area contributed by atoms with Crippen LogP contribution in [0, 0.1) is 5.92 Å². The van der Waals surface area contributed by atoms with Gasteiger partial charge in [0.1, 0.15) is 5.78 Å². The molecule has 14 heavy (non-hydrogen) atoms. The van der Waals surface area contributed by atoms with Gasteiger partial charge >= 0.3 is 0 Å². The Bertz CT molecular complexity index is 192. The summed E-state index contributed by atoms with van der Waals surface area (Å²) in [6.07, 6.45) is 2.42. The summed E-state index contributed by atoms with van der Waals surface area (Å²) in [6, 6.07) is 0. The fourth-order valence-electron chi connectivity index (χ4n) is 2.01. The van der Waals surface area contributed by atoms with Crippen molar-refractivity contribution in [3.05, 3.63) is 0 Å². The van der Waals surface area contributed by atoms with Gasteiger partial charge in [0.05, 0.1) is 12.6 Å². The fraction of sp³-hybridized carbons (Fsp3) is 0.909. The highest BCUT2D eigenvalue weighted by Crippen LogP contribution is 2.19. The zero-order chi connectivity index (χ0) is 10.6. The van der Waals surface area contributed by atoms with Gasteiger partial charge in [-0.05, 0) is 32.2 Å². The van der Waals surface area contributed by atoms with Crippen molar-refractivity contribution in [3.8, 4) is 0 Å². The van der Waals surface area contributed by atoms with Crippen molar-refractivity contribution in [1.29, 1.82) is 0 Å². The quantitative estimate of drug-likeness (QED) is 0.719. The standard InChI is InChI=1S/C11H21NO2/c1-3-4-11(14)8-12-6-5-10(7-12)9(2)13/h9-10,13H,3-8H2,1-2H3. The third-order valence-electron chi connectivity index (χ3n) is 2.92. The van der Waals surface area contributed by atoms with Crippen LogP contribution in [0.3, 0.4) is 0 Å². The number of nitrogens with zero attached hydrogens (tertiary/aromatic N) is 1. The van der Waals surface area contributed by atoms with Crippen LogP contribution in [-0.2, 0) is 4.79 Å². The number of carbonyl (C=O) groups is 1. The Morgan fingerprint density at radius 1 is 1.64 bits per heavy atom. The van der Waals surface area contributed by atoms with Crippen molar-refractivity contribution in [1.82, 2.24) is 4.90 Å². The van der Waals surface area contributed by atoms with Gasteiger partial charge in [-0.25, -0.2) is 0 Å². The molecule has 1 aliphatic heterocycles. The first kappa shape index (κ1) is 11.7. The predicted molar refractivity (Wildman–Crippen MR) is 56.1 cm³/mol. The van der Waals surface area contributed by atoms with Crippen LogP contribution in [0.5, 0.6) is 0 Å². The third-order valence-corrected chi connectivity index (χ3v) is 2.92. The monoisotopic (exact) mass is 199 g/mol. The Labute approximate surface area is 86.1 Å². The minimum atomic E-state index is -0.235. The maximum absolute atomic E-state index is 11.4. The van der Waals surface area contributed by atoms with E-state index in [-0.39, 0.29) is 6.10 Å². The number of rotatable bonds is 5. The molecule has 0 saturated carbocycles. The van der Waals surface area contributed by atoms with Crippen LogP contribution in [0.25, 0.3) is 0 Å². The largest absolute Gasteiger partial charge is 0.393 e. The van der Waals surface area contributed by atoms with E-state index in [1.165, 1.54) is 0 Å². The first-order chi connectivity index (χ1) is 6.63. The molecule has 0 aromatic carbocycles. The van der Waals surface area contributed by atoms with E-state index >= 15 is 0 Å². The first-order valence-corrected chi connectivity index (χ1v) is 5.55. The van der Waals surface area contributed by atoms with Crippen LogP contribution in [0.2, 0.25) is 0 Å². The molecule has 0 aromatic heterocycles. The Morgan fingerprint density at radius 2 is 2.36 bits per heavy atom. The zero-order valence-corrected chi connectivity index (χ0v) is 9.20. The molecule has 1 rings (SSSR count). The van der Waals surface area contributed by atoms with Crippen molar-refractivity contribution in [2.75, 3.05) is 19.6 Å². The number of aliphatic hydroxyl groups is 1. The third kappa shape index (κ3) is 3.39. The van der Waals surface area contributed by atoms with E-state index in [9.17, 15) is 9.90 Å². The minimum Gasteiger partial charge on any atom is -0.393 e. The highest BCUT2D eigenvalue weighted by molar-refractivity contribution is 5.80. The lowest BCUT2D eigenvalue weighted by Gasteiger charge is -2.16. The Kier molecular flexibility index (Phi) is 4.55. The van der Waals surface area contributed by atoms with Crippen molar-refractivity contribution in [2.24, 2.45) is 5.92 Å². The van der Waals surface area contributed by atoms with E-state index in [4.69, 9.17) is 0 Å². The van der Waals surface area contributed by atoms with Crippen molar-refractivity contribution >= 4 is 5.78 Å². The second-order valence-corrected chi connectivity index (χ2v) is 4.31. The summed E-state index contributed by atoms with van der Waals surface area (Å²) in [4.78, 5) is 13.5. The maximum Gasteiger partial charge on any atom is 0.146 e. The molecule has 0 radical (unpaired) electrons. The van der Waals surface area contributed by atoms with Gasteiger partial charge in [0.2, 0.25) is 0 Å². The maximum atomic E-state index is 11.4. The summed E-state index contributed by atoms with van der Waals surface area (Å²) in [5, 5.41) is 9.40. The van der Waals surface area contributed by atoms with Gasteiger partial charge < -0.3 is 5.11 Å². The highest BCUT2D eigenvalue weighted by Gasteiger charge is 2.26. The molecule has 0 spiro atoms. The number of ketones is 1. The number of likely N-dealkylation sites (tertiary alicyclic amines) is 1. The predicted octanol–water partition coefficient (Wildman–Crippen LogP) is 1.06. The molecule has 0 aliphatic carbocycles. The van der Waals surface area contributed by atoms with Crippen molar-refractivity contribution < 1.29 is 9.90 Å². The summed E-state index contributed by atoms with van der Waals surface area (Å²) in [5.74, 6) is 0.697. The SMILES string of the molecule is CCCC(=O)CN1CCC(C(C)O)C1. The number of hydrogen-bond donors (Lipinski definition) is 1. The molecule has 3 heteroatoms. The van der Waals surface area contributed by atoms with E-state index in [2.05, 4.69) is 4.90 Å². The molecule has 0 aromatic rings. The molecule has 1 N–H and O–H groups in total. The average Bonchev–Trinajstić information content (AvgIpc) is 2.53. The lowest BCUT2D eigenvalue weighted by atomic mass is 10.0. The van der Waals surface area contributed by atoms with Gasteiger partial charge in [-0.1, -0.05) is 6.92 Å². The van der Waals surface area contributed by atoms with Gasteiger partial charge in [0.25, 0.3) is 0 Å². The summed E-state index contributed by atoms with van der Waals surface area (Å²) in [6.45, 7) is 6.29. The Hall–Kier alpha value is -0.410. The lowest BCUT2D eigenvalue weighted by Crippen LogP contribution is -2.29. The van der Waals surface area contributed by atoms with Crippen molar-refractivity contribution in [2.45, 2.75) is 39.2 Å². The van der Waals surface area contributed by atoms with Gasteiger partial charge in [-0.3, -0.25) is 9.69 Å². The fourth-order valence-corrected chi connectivity index (χ4v) is 2.01. The molecule has 3 nitrogen and oxygen atoms in total. The minimum absolute atomic E-state index is 0.235. The van der Waals surface area contributed by atoms with Gasteiger partial charge in [-0.15, -0.1) is 0 Å². The second kappa shape index (κ2) is 5.47. The summed E-state index contributed by atoms with van der Waals surface area (Å²) in [7, 11) is 0. The molecule has 0 amide bonds. The number of carbonyl (C=O) groups excluding carboxylic acids is 1. The van der Waals surface area contributed by atoms with E-state index in [0.29, 0.717) is 24.7 Å². The smallest absolute Gasteiger partial charge is 0.146 e. The Morgan fingerprint density at radius 3 is 2.86 bits per heavy atom. The van der Waals surface area contributed by atoms with Crippen LogP contribution in [0.4, 0.5) is 0 Å². The molecular weight excluding hydrogens is 178 g/mol. The van der Waals surface area contributed by atoms with Gasteiger partial charge in [-0.2, -0.15) is 0 Å². The molecule has 1 aliphatic rings. The van der Waals surface area contributed by atoms with Crippen LogP contribution in [0.15, 0.2) is 0 Å². The van der Waals surface area contributed by atoms with Crippen LogP contribution in [0.1, 0.15) is 33.1 Å². The van der Waals surface area contributed by atoms with E-state index in [1.54, 1.807) is 0 Å². The lowest BCUT2D eigenvalue weighted by molar-refractivity contribution is -0.120. The number of Topliss-reactive ketones (excluding diaryl/α,β-unsaturated/α-hetero) is 1. The van der Waals surface area contributed by atoms with Crippen molar-refractivity contribution in [3.63, 3.8) is 0 Å². The second-order valence-electron chi connectivity index (χ2n) is 4.31. The molecule has 0 bridgehead atoms. The Balaban J connectivity index is 2.25. The van der Waals surface area contributed by atoms with Gasteiger partial charge in [0.15, 0.2) is 0 Å². The highest BCUT2D eigenvalue weighted by atomic mass is 16.3. The molecular formula is C11H21NO2. The average molecular weight is 199 g/mol. The summed E-state index contributed by atoms with van der Waals surface area (Å²) < 4.78 is 0. The molecule has 1 heterocycles. The first-order valence-electron chi connectivity index (χ1n) is 5.55. The molecule has 1 fully saturated rings. The van der Waals surface area contributed by atoms with Crippen LogP contribution in [-0.4, -0.2) is 41.5 Å². The van der Waals surface area contributed by atoms with Gasteiger partial charge in [0, 0.05) is 13.0 Å². The summed E-state index contributed by atoms with van der Waals surface area (Å²) in [5.41, 5.74) is 0. The molecule has 2 atom stereocenters. The number of hydrogen-bond acceptors (Lipinski definition) is 3. The topological polar surface area (TPSA) is 40.5 Å². The number of aliphatic hydroxyl groups excluding tert-OH is 1. The van der Waals surface area contributed by atoms with E-state index in [0.717, 1.165) is 25.9 Å². The van der Waals surface area contributed by atoms with Crippen LogP contribution >= 0.6 is 0 Å². The zero-order valence-electron chi connectivity index (χ0n) is 9.20. The molecule has 1 saturated heterocycles. The van der Waals surface area contributed by atoms with E-state index in [1.807, 2.05) is 13.8 Å².